The first-order valence-corrected chi connectivity index (χ1v) is 6.08. The van der Waals surface area contributed by atoms with Gasteiger partial charge in [-0.2, -0.15) is 0 Å². The second-order valence-corrected chi connectivity index (χ2v) is 4.32. The van der Waals surface area contributed by atoms with Gasteiger partial charge in [0.1, 0.15) is 5.82 Å². The first kappa shape index (κ1) is 11.7. The van der Waals surface area contributed by atoms with Gasteiger partial charge < -0.3 is 10.2 Å². The van der Waals surface area contributed by atoms with Crippen LogP contribution in [-0.2, 0) is 6.42 Å². The van der Waals surface area contributed by atoms with E-state index in [0.717, 1.165) is 0 Å². The third kappa shape index (κ3) is 2.56. The topological polar surface area (TPSA) is 80.7 Å². The van der Waals surface area contributed by atoms with Crippen LogP contribution in [0.4, 0.5) is 0 Å². The summed E-state index contributed by atoms with van der Waals surface area (Å²) in [5.41, 5.74) is 7.30. The Labute approximate surface area is 110 Å². The highest BCUT2D eigenvalue weighted by atomic mass is 16.3. The molecule has 1 aromatic carbocycles. The van der Waals surface area contributed by atoms with Crippen molar-refractivity contribution in [3.8, 4) is 11.6 Å². The fraction of sp³-hybridized carbons (Fsp3) is 0.143. The van der Waals surface area contributed by atoms with E-state index in [9.17, 15) is 0 Å². The Hall–Kier alpha value is -2.40. The van der Waals surface area contributed by atoms with Gasteiger partial charge in [0.05, 0.1) is 12.3 Å². The van der Waals surface area contributed by atoms with Crippen molar-refractivity contribution >= 4 is 0 Å². The van der Waals surface area contributed by atoms with Gasteiger partial charge in [0.25, 0.3) is 0 Å². The molecule has 0 saturated heterocycles. The molecule has 0 bridgehead atoms. The summed E-state index contributed by atoms with van der Waals surface area (Å²) in [7, 11) is 0. The molecule has 0 amide bonds. The zero-order valence-electron chi connectivity index (χ0n) is 10.3. The van der Waals surface area contributed by atoms with Crippen LogP contribution in [0.3, 0.4) is 0 Å². The molecule has 1 atom stereocenters. The molecule has 0 aliphatic carbocycles. The Bertz CT molecular complexity index is 631. The molecule has 0 aliphatic rings. The monoisotopic (exact) mass is 254 g/mol. The van der Waals surface area contributed by atoms with Gasteiger partial charge in [-0.1, -0.05) is 30.3 Å². The van der Waals surface area contributed by atoms with Crippen LogP contribution in [-0.4, -0.2) is 15.2 Å². The molecule has 3 aromatic rings. The summed E-state index contributed by atoms with van der Waals surface area (Å²) in [5.74, 6) is 1.83. The minimum Gasteiger partial charge on any atom is -0.461 e. The second-order valence-electron chi connectivity index (χ2n) is 4.32. The van der Waals surface area contributed by atoms with Crippen molar-refractivity contribution in [1.29, 1.82) is 0 Å². The van der Waals surface area contributed by atoms with Gasteiger partial charge in [-0.05, 0) is 24.1 Å². The molecule has 0 saturated carbocycles. The lowest BCUT2D eigenvalue weighted by atomic mass is 10.1. The Morgan fingerprint density at radius 3 is 2.74 bits per heavy atom. The van der Waals surface area contributed by atoms with Gasteiger partial charge in [-0.25, -0.2) is 4.98 Å². The maximum Gasteiger partial charge on any atom is 0.216 e. The van der Waals surface area contributed by atoms with Gasteiger partial charge in [0.2, 0.25) is 5.82 Å². The summed E-state index contributed by atoms with van der Waals surface area (Å²) in [6.45, 7) is 0. The summed E-state index contributed by atoms with van der Waals surface area (Å²) in [6.07, 6.45) is 2.31. The lowest BCUT2D eigenvalue weighted by molar-refractivity contribution is 0.577. The largest absolute Gasteiger partial charge is 0.461 e. The molecule has 5 heteroatoms. The smallest absolute Gasteiger partial charge is 0.216 e. The quantitative estimate of drug-likeness (QED) is 0.748. The Morgan fingerprint density at radius 2 is 2.00 bits per heavy atom. The number of aromatic amines is 1. The zero-order chi connectivity index (χ0) is 13.1. The Morgan fingerprint density at radius 1 is 1.16 bits per heavy atom. The van der Waals surface area contributed by atoms with Gasteiger partial charge in [-0.3, -0.25) is 5.10 Å². The predicted molar refractivity (Wildman–Crippen MR) is 71.2 cm³/mol. The average molecular weight is 254 g/mol. The van der Waals surface area contributed by atoms with E-state index < -0.39 is 0 Å². The van der Waals surface area contributed by atoms with Crippen LogP contribution in [0.25, 0.3) is 11.6 Å². The van der Waals surface area contributed by atoms with Crippen molar-refractivity contribution in [3.63, 3.8) is 0 Å². The number of hydrogen-bond acceptors (Lipinski definition) is 4. The lowest BCUT2D eigenvalue weighted by Crippen LogP contribution is -2.15. The number of H-pyrrole nitrogens is 1. The van der Waals surface area contributed by atoms with E-state index in [-0.39, 0.29) is 6.04 Å². The molecule has 3 N–H and O–H groups in total. The first-order chi connectivity index (χ1) is 9.33. The normalized spacial score (nSPS) is 12.5. The van der Waals surface area contributed by atoms with Gasteiger partial charge in [0, 0.05) is 0 Å². The maximum atomic E-state index is 6.13. The molecule has 0 spiro atoms. The molecule has 0 radical (unpaired) electrons. The number of hydrogen-bond donors (Lipinski definition) is 2. The van der Waals surface area contributed by atoms with Crippen LogP contribution in [0.1, 0.15) is 17.4 Å². The molecular formula is C14H14N4O. The fourth-order valence-corrected chi connectivity index (χ4v) is 1.92. The van der Waals surface area contributed by atoms with Crippen LogP contribution in [0.5, 0.6) is 0 Å². The fourth-order valence-electron chi connectivity index (χ4n) is 1.92. The molecule has 0 aliphatic heterocycles. The third-order valence-corrected chi connectivity index (χ3v) is 2.89. The Kier molecular flexibility index (Phi) is 3.12. The van der Waals surface area contributed by atoms with Crippen LogP contribution in [0.15, 0.2) is 53.1 Å². The van der Waals surface area contributed by atoms with Crippen LogP contribution >= 0.6 is 0 Å². The lowest BCUT2D eigenvalue weighted by Gasteiger charge is -2.07. The molecule has 3 rings (SSSR count). The molecule has 2 heterocycles. The zero-order valence-corrected chi connectivity index (χ0v) is 10.3. The first-order valence-electron chi connectivity index (χ1n) is 6.08. The van der Waals surface area contributed by atoms with E-state index in [1.165, 1.54) is 5.56 Å². The SMILES string of the molecule is NC(Cc1ccccc1)c1nc(-c2ccco2)n[nH]1. The van der Waals surface area contributed by atoms with E-state index >= 15 is 0 Å². The Balaban J connectivity index is 1.76. The summed E-state index contributed by atoms with van der Waals surface area (Å²) in [6, 6.07) is 13.5. The van der Waals surface area contributed by atoms with E-state index in [1.54, 1.807) is 12.3 Å². The van der Waals surface area contributed by atoms with Gasteiger partial charge in [-0.15, -0.1) is 5.10 Å². The number of nitrogens with zero attached hydrogens (tertiary/aromatic N) is 2. The summed E-state index contributed by atoms with van der Waals surface area (Å²) >= 11 is 0. The maximum absolute atomic E-state index is 6.13. The number of furan rings is 1. The van der Waals surface area contributed by atoms with E-state index in [2.05, 4.69) is 15.2 Å². The van der Waals surface area contributed by atoms with Crippen molar-refractivity contribution < 1.29 is 4.42 Å². The number of aromatic nitrogens is 3. The third-order valence-electron chi connectivity index (χ3n) is 2.89. The average Bonchev–Trinajstić information content (AvgIpc) is 3.11. The molecule has 1 unspecified atom stereocenters. The van der Waals surface area contributed by atoms with Crippen molar-refractivity contribution in [1.82, 2.24) is 15.2 Å². The molecule has 0 fully saturated rings. The van der Waals surface area contributed by atoms with Crippen LogP contribution in [0.2, 0.25) is 0 Å². The minimum atomic E-state index is -0.210. The predicted octanol–water partition coefficient (Wildman–Crippen LogP) is 2.31. The summed E-state index contributed by atoms with van der Waals surface area (Å²) < 4.78 is 5.25. The number of nitrogens with one attached hydrogen (secondary N) is 1. The second kappa shape index (κ2) is 5.07. The summed E-state index contributed by atoms with van der Waals surface area (Å²) in [4.78, 5) is 4.36. The standard InChI is InChI=1S/C14H14N4O/c15-11(9-10-5-2-1-3-6-10)13-16-14(18-17-13)12-7-4-8-19-12/h1-8,11H,9,15H2,(H,16,17,18). The van der Waals surface area contributed by atoms with Crippen molar-refractivity contribution in [3.05, 3.63) is 60.1 Å². The highest BCUT2D eigenvalue weighted by Gasteiger charge is 2.14. The van der Waals surface area contributed by atoms with Gasteiger partial charge in [0.15, 0.2) is 5.76 Å². The van der Waals surface area contributed by atoms with Crippen molar-refractivity contribution in [2.45, 2.75) is 12.5 Å². The van der Waals surface area contributed by atoms with E-state index in [4.69, 9.17) is 10.2 Å². The van der Waals surface area contributed by atoms with E-state index in [1.807, 2.05) is 36.4 Å². The molecule has 5 nitrogen and oxygen atoms in total. The summed E-state index contributed by atoms with van der Waals surface area (Å²) in [5, 5.41) is 6.98. The van der Waals surface area contributed by atoms with Crippen LogP contribution < -0.4 is 5.73 Å². The molecule has 19 heavy (non-hydrogen) atoms. The number of nitrogens with two attached hydrogens (primary N) is 1. The molecule has 2 aromatic heterocycles. The highest BCUT2D eigenvalue weighted by Crippen LogP contribution is 2.18. The van der Waals surface area contributed by atoms with Crippen molar-refractivity contribution in [2.24, 2.45) is 5.73 Å². The van der Waals surface area contributed by atoms with Gasteiger partial charge >= 0.3 is 0 Å². The van der Waals surface area contributed by atoms with Crippen molar-refractivity contribution in [2.75, 3.05) is 0 Å². The number of benzene rings is 1. The van der Waals surface area contributed by atoms with Crippen LogP contribution in [0, 0.1) is 0 Å². The highest BCUT2D eigenvalue weighted by molar-refractivity contribution is 5.45. The number of rotatable bonds is 4. The minimum absolute atomic E-state index is 0.210. The molecular weight excluding hydrogens is 240 g/mol. The van der Waals surface area contributed by atoms with E-state index in [0.29, 0.717) is 23.8 Å². The molecule has 96 valence electrons.